The normalized spacial score (nSPS) is 22.9. The quantitative estimate of drug-likeness (QED) is 0.835. The molecule has 20 heavy (non-hydrogen) atoms. The lowest BCUT2D eigenvalue weighted by Crippen LogP contribution is -3.27. The first kappa shape index (κ1) is 13.9. The van der Waals surface area contributed by atoms with Crippen LogP contribution in [0.4, 0.5) is 0 Å². The molecule has 2 heterocycles. The van der Waals surface area contributed by atoms with Gasteiger partial charge in [-0.25, -0.2) is 0 Å². The summed E-state index contributed by atoms with van der Waals surface area (Å²) in [5, 5.41) is 0. The van der Waals surface area contributed by atoms with Crippen LogP contribution in [0, 0.1) is 0 Å². The SMILES string of the molecule is Brc1ccc(C[NH+]2CC[NH+](Cc3ccco3)CC2)cc1. The highest BCUT2D eigenvalue weighted by Crippen LogP contribution is 2.09. The molecule has 1 aromatic carbocycles. The number of furan rings is 1. The third-order valence-corrected chi connectivity index (χ3v) is 4.56. The van der Waals surface area contributed by atoms with Crippen molar-refractivity contribution in [3.05, 3.63) is 58.5 Å². The van der Waals surface area contributed by atoms with Crippen molar-refractivity contribution in [2.75, 3.05) is 26.2 Å². The number of hydrogen-bond acceptors (Lipinski definition) is 1. The number of halogens is 1. The molecule has 0 aliphatic carbocycles. The Kier molecular flexibility index (Phi) is 4.55. The fourth-order valence-electron chi connectivity index (χ4n) is 2.86. The highest BCUT2D eigenvalue weighted by atomic mass is 79.9. The zero-order valence-electron chi connectivity index (χ0n) is 11.6. The first-order valence-electron chi connectivity index (χ1n) is 7.23. The van der Waals surface area contributed by atoms with Crippen LogP contribution in [0.25, 0.3) is 0 Å². The second kappa shape index (κ2) is 6.57. The third kappa shape index (κ3) is 3.72. The minimum Gasteiger partial charge on any atom is -0.463 e. The van der Waals surface area contributed by atoms with E-state index in [2.05, 4.69) is 46.3 Å². The Morgan fingerprint density at radius 2 is 1.55 bits per heavy atom. The second-order valence-corrected chi connectivity index (χ2v) is 6.48. The summed E-state index contributed by atoms with van der Waals surface area (Å²) < 4.78 is 6.59. The first-order chi connectivity index (χ1) is 9.79. The highest BCUT2D eigenvalue weighted by Gasteiger charge is 2.23. The molecule has 1 saturated heterocycles. The van der Waals surface area contributed by atoms with Crippen molar-refractivity contribution in [3.8, 4) is 0 Å². The van der Waals surface area contributed by atoms with Crippen LogP contribution in [-0.4, -0.2) is 26.2 Å². The number of benzene rings is 1. The average Bonchev–Trinajstić information content (AvgIpc) is 2.96. The fourth-order valence-corrected chi connectivity index (χ4v) is 3.13. The van der Waals surface area contributed by atoms with E-state index in [0.717, 1.165) is 23.3 Å². The molecule has 0 amide bonds. The zero-order chi connectivity index (χ0) is 13.8. The first-order valence-corrected chi connectivity index (χ1v) is 8.03. The molecule has 1 fully saturated rings. The molecule has 0 atom stereocenters. The van der Waals surface area contributed by atoms with Gasteiger partial charge in [-0.2, -0.15) is 0 Å². The Morgan fingerprint density at radius 3 is 2.15 bits per heavy atom. The van der Waals surface area contributed by atoms with Crippen LogP contribution in [0.3, 0.4) is 0 Å². The Bertz CT molecular complexity index is 516. The highest BCUT2D eigenvalue weighted by molar-refractivity contribution is 9.10. The van der Waals surface area contributed by atoms with Gasteiger partial charge in [-0.3, -0.25) is 0 Å². The maximum absolute atomic E-state index is 5.44. The minimum atomic E-state index is 1.03. The monoisotopic (exact) mass is 336 g/mol. The number of hydrogen-bond donors (Lipinski definition) is 2. The van der Waals surface area contributed by atoms with Crippen LogP contribution in [0.5, 0.6) is 0 Å². The number of piperazine rings is 1. The molecule has 1 aromatic heterocycles. The van der Waals surface area contributed by atoms with E-state index in [1.54, 1.807) is 16.1 Å². The molecule has 0 radical (unpaired) electrons. The zero-order valence-corrected chi connectivity index (χ0v) is 13.2. The largest absolute Gasteiger partial charge is 0.463 e. The van der Waals surface area contributed by atoms with Crippen molar-refractivity contribution >= 4 is 15.9 Å². The van der Waals surface area contributed by atoms with E-state index in [-0.39, 0.29) is 0 Å². The van der Waals surface area contributed by atoms with Gasteiger partial charge in [0.15, 0.2) is 5.76 Å². The van der Waals surface area contributed by atoms with E-state index in [4.69, 9.17) is 4.42 Å². The van der Waals surface area contributed by atoms with Crippen molar-refractivity contribution in [3.63, 3.8) is 0 Å². The molecule has 0 saturated carbocycles. The van der Waals surface area contributed by atoms with Gasteiger partial charge < -0.3 is 14.2 Å². The maximum Gasteiger partial charge on any atom is 0.157 e. The summed E-state index contributed by atoms with van der Waals surface area (Å²) in [5.41, 5.74) is 1.43. The Labute approximate surface area is 128 Å². The number of quaternary nitrogens is 2. The third-order valence-electron chi connectivity index (χ3n) is 4.04. The minimum absolute atomic E-state index is 1.03. The van der Waals surface area contributed by atoms with Crippen molar-refractivity contribution < 1.29 is 14.2 Å². The molecule has 106 valence electrons. The summed E-state index contributed by atoms with van der Waals surface area (Å²) in [7, 11) is 0. The molecule has 2 N–H and O–H groups in total. The lowest BCUT2D eigenvalue weighted by Gasteiger charge is -2.29. The molecular weight excluding hydrogens is 316 g/mol. The molecule has 1 aliphatic rings. The maximum atomic E-state index is 5.44. The van der Waals surface area contributed by atoms with Crippen molar-refractivity contribution in [1.29, 1.82) is 0 Å². The van der Waals surface area contributed by atoms with Crippen LogP contribution < -0.4 is 9.80 Å². The molecule has 3 rings (SSSR count). The van der Waals surface area contributed by atoms with Crippen molar-refractivity contribution in [2.24, 2.45) is 0 Å². The van der Waals surface area contributed by atoms with Crippen LogP contribution in [0.1, 0.15) is 11.3 Å². The predicted molar refractivity (Wildman–Crippen MR) is 81.7 cm³/mol. The van der Waals surface area contributed by atoms with Gasteiger partial charge in [0.1, 0.15) is 39.3 Å². The second-order valence-electron chi connectivity index (χ2n) is 5.56. The van der Waals surface area contributed by atoms with Crippen LogP contribution in [0.2, 0.25) is 0 Å². The summed E-state index contributed by atoms with van der Waals surface area (Å²) in [6, 6.07) is 12.8. The smallest absolute Gasteiger partial charge is 0.157 e. The van der Waals surface area contributed by atoms with E-state index < -0.39 is 0 Å². The van der Waals surface area contributed by atoms with Crippen LogP contribution in [-0.2, 0) is 13.1 Å². The van der Waals surface area contributed by atoms with Crippen molar-refractivity contribution in [1.82, 2.24) is 0 Å². The van der Waals surface area contributed by atoms with E-state index in [1.807, 2.05) is 6.07 Å². The molecule has 2 aromatic rings. The van der Waals surface area contributed by atoms with E-state index in [9.17, 15) is 0 Å². The Hall–Kier alpha value is -1.10. The molecule has 1 aliphatic heterocycles. The number of rotatable bonds is 4. The van der Waals surface area contributed by atoms with E-state index in [0.29, 0.717) is 0 Å². The van der Waals surface area contributed by atoms with Gasteiger partial charge in [-0.15, -0.1) is 0 Å². The summed E-state index contributed by atoms with van der Waals surface area (Å²) in [6.45, 7) is 7.11. The van der Waals surface area contributed by atoms with Crippen LogP contribution >= 0.6 is 15.9 Å². The van der Waals surface area contributed by atoms with Gasteiger partial charge in [-0.1, -0.05) is 28.1 Å². The van der Waals surface area contributed by atoms with Gasteiger partial charge in [0.2, 0.25) is 0 Å². The van der Waals surface area contributed by atoms with Gasteiger partial charge in [0.25, 0.3) is 0 Å². The predicted octanol–water partition coefficient (Wildman–Crippen LogP) is 0.526. The molecule has 4 heteroatoms. The molecule has 0 unspecified atom stereocenters. The average molecular weight is 337 g/mol. The topological polar surface area (TPSA) is 22.0 Å². The summed E-state index contributed by atoms with van der Waals surface area (Å²) in [6.07, 6.45) is 1.77. The van der Waals surface area contributed by atoms with Crippen LogP contribution in [0.15, 0.2) is 51.6 Å². The Balaban J connectivity index is 1.47. The summed E-state index contributed by atoms with van der Waals surface area (Å²) in [5.74, 6) is 1.11. The molecule has 0 bridgehead atoms. The van der Waals surface area contributed by atoms with E-state index in [1.165, 1.54) is 31.7 Å². The lowest BCUT2D eigenvalue weighted by molar-refractivity contribution is -1.02. The molecule has 3 nitrogen and oxygen atoms in total. The summed E-state index contributed by atoms with van der Waals surface area (Å²) in [4.78, 5) is 3.33. The van der Waals surface area contributed by atoms with Gasteiger partial charge in [-0.05, 0) is 24.3 Å². The Morgan fingerprint density at radius 1 is 0.900 bits per heavy atom. The number of nitrogens with one attached hydrogen (secondary N) is 2. The van der Waals surface area contributed by atoms with Gasteiger partial charge in [0, 0.05) is 10.0 Å². The van der Waals surface area contributed by atoms with Gasteiger partial charge in [0.05, 0.1) is 6.26 Å². The molecular formula is C16H21BrN2O+2. The fraction of sp³-hybridized carbons (Fsp3) is 0.375. The van der Waals surface area contributed by atoms with Gasteiger partial charge >= 0.3 is 0 Å². The lowest BCUT2D eigenvalue weighted by atomic mass is 10.2. The van der Waals surface area contributed by atoms with Crippen molar-refractivity contribution in [2.45, 2.75) is 13.1 Å². The molecule has 0 spiro atoms. The van der Waals surface area contributed by atoms with E-state index >= 15 is 0 Å². The standard InChI is InChI=1S/C16H19BrN2O/c17-15-5-3-14(4-6-15)12-18-7-9-19(10-8-18)13-16-2-1-11-20-16/h1-6,11H,7-10,12-13H2/p+2. The summed E-state index contributed by atoms with van der Waals surface area (Å²) >= 11 is 3.49.